The summed E-state index contributed by atoms with van der Waals surface area (Å²) < 4.78 is 12.4. The van der Waals surface area contributed by atoms with Crippen LogP contribution in [0, 0.1) is 0 Å². The van der Waals surface area contributed by atoms with Crippen molar-refractivity contribution in [1.29, 1.82) is 0 Å². The number of carbonyl (C=O) groups is 5. The highest BCUT2D eigenvalue weighted by molar-refractivity contribution is 6.99. The van der Waals surface area contributed by atoms with Crippen molar-refractivity contribution in [1.82, 2.24) is 20.9 Å². The number of amides is 4. The summed E-state index contributed by atoms with van der Waals surface area (Å²) in [7, 11) is -1.45. The molecule has 2 saturated heterocycles. The summed E-state index contributed by atoms with van der Waals surface area (Å²) in [6, 6.07) is 22.7. The number of rotatable bonds is 14. The molecule has 3 aromatic rings. The van der Waals surface area contributed by atoms with Crippen LogP contribution in [-0.2, 0) is 34.8 Å². The van der Waals surface area contributed by atoms with Gasteiger partial charge in [0.25, 0.3) is 8.32 Å². The molecule has 2 fully saturated rings. The number of ketones is 1. The van der Waals surface area contributed by atoms with E-state index >= 15 is 0 Å². The molecule has 0 spiro atoms. The predicted molar refractivity (Wildman–Crippen MR) is 233 cm³/mol. The van der Waals surface area contributed by atoms with E-state index in [1.165, 1.54) is 12.0 Å². The van der Waals surface area contributed by atoms with Crippen LogP contribution in [0.15, 0.2) is 91.0 Å². The Balaban J connectivity index is 1.29. The van der Waals surface area contributed by atoms with Crippen LogP contribution in [0.5, 0.6) is 5.75 Å². The highest BCUT2D eigenvalue weighted by Crippen LogP contribution is 2.38. The number of nitrogens with zero attached hydrogens (tertiary/aromatic N) is 1. The van der Waals surface area contributed by atoms with Gasteiger partial charge in [-0.1, -0.05) is 118 Å². The fraction of sp³-hybridized carbons (Fsp3) is 0.457. The highest BCUT2D eigenvalue weighted by atomic mass is 35.5. The fourth-order valence-electron chi connectivity index (χ4n) is 8.06. The number of hydrogen-bond donors (Lipinski definition) is 3. The minimum atomic E-state index is -2.94. The van der Waals surface area contributed by atoms with Gasteiger partial charge in [0.2, 0.25) is 23.6 Å². The Morgan fingerprint density at radius 3 is 2.19 bits per heavy atom. The van der Waals surface area contributed by atoms with E-state index in [1.54, 1.807) is 38.1 Å². The van der Waals surface area contributed by atoms with Crippen molar-refractivity contribution in [3.8, 4) is 5.75 Å². The van der Waals surface area contributed by atoms with Crippen molar-refractivity contribution in [3.63, 3.8) is 0 Å². The van der Waals surface area contributed by atoms with Crippen LogP contribution in [-0.4, -0.2) is 86.1 Å². The van der Waals surface area contributed by atoms with Gasteiger partial charge in [0, 0.05) is 19.4 Å². The van der Waals surface area contributed by atoms with Gasteiger partial charge in [-0.05, 0) is 79.1 Å². The van der Waals surface area contributed by atoms with Crippen LogP contribution < -0.4 is 31.1 Å². The van der Waals surface area contributed by atoms with Crippen molar-refractivity contribution in [2.45, 2.75) is 121 Å². The molecule has 3 aromatic carbocycles. The molecule has 5 rings (SSSR count). The number of ether oxygens (including phenoxy) is 1. The molecule has 0 aliphatic carbocycles. The molecule has 3 N–H and O–H groups in total. The SMILES string of the molecule is CC[C@]1(C)NC(=O)[C@H](CCC=CCC(=O)[C@@H](C)O[Si](c2ccccc2)(c2ccccc2)C(C)(C)C)NC(=O)[C@H]2CCCN2C(=O)[C@H](Cc2ccc(Cl)c(OC)c2)NC1=O. The maximum absolute atomic E-state index is 14.2. The quantitative estimate of drug-likeness (QED) is 0.146. The van der Waals surface area contributed by atoms with E-state index < -0.39 is 55.8 Å². The first-order chi connectivity index (χ1) is 28.0. The van der Waals surface area contributed by atoms with Crippen LogP contribution in [0.4, 0.5) is 0 Å². The number of Topliss-reactive ketones (excluding diaryl/α,β-unsaturated/α-hetero) is 1. The smallest absolute Gasteiger partial charge is 0.262 e. The molecule has 0 bridgehead atoms. The number of nitrogens with one attached hydrogen (secondary N) is 3. The standard InChI is InChI=1S/C46H59ClN4O7Si/c1-8-46(6)44(56)49-37(29-32-26-27-35(47)40(30-32)57-7)43(55)51-28-18-24-38(51)42(54)48-36(41(53)50-46)23-16-11-17-25-39(52)31(2)58-59(45(3,4)5,33-19-12-9-13-20-33)34-21-14-10-15-22-34/h9-15,17,19-22,26-27,30-31,36-38H,8,16,18,23-25,28-29H2,1-7H3,(H,48,54)(H,49,56)(H,50,53)/t31-,36+,37+,38-,46+/m1/s1. The molecular weight excluding hydrogens is 784 g/mol. The van der Waals surface area contributed by atoms with Crippen molar-refractivity contribution in [2.75, 3.05) is 13.7 Å². The Morgan fingerprint density at radius 2 is 1.59 bits per heavy atom. The van der Waals surface area contributed by atoms with Crippen molar-refractivity contribution < 1.29 is 33.1 Å². The molecule has 13 heteroatoms. The summed E-state index contributed by atoms with van der Waals surface area (Å²) >= 11 is 6.25. The number of fused-ring (bicyclic) bond motifs is 1. The maximum Gasteiger partial charge on any atom is 0.262 e. The molecule has 2 aliphatic rings. The number of benzene rings is 3. The average Bonchev–Trinajstić information content (AvgIpc) is 3.72. The average molecular weight is 844 g/mol. The highest BCUT2D eigenvalue weighted by Gasteiger charge is 2.51. The minimum absolute atomic E-state index is 0.0736. The zero-order valence-corrected chi connectivity index (χ0v) is 37.1. The molecule has 0 aromatic heterocycles. The lowest BCUT2D eigenvalue weighted by Gasteiger charge is -2.44. The van der Waals surface area contributed by atoms with E-state index in [0.717, 1.165) is 10.4 Å². The number of halogens is 1. The zero-order chi connectivity index (χ0) is 43.0. The van der Waals surface area contributed by atoms with E-state index in [4.69, 9.17) is 20.8 Å². The minimum Gasteiger partial charge on any atom is -0.495 e. The van der Waals surface area contributed by atoms with E-state index in [9.17, 15) is 24.0 Å². The molecule has 2 aliphatic heterocycles. The van der Waals surface area contributed by atoms with Crippen molar-refractivity contribution >= 4 is 59.7 Å². The summed E-state index contributed by atoms with van der Waals surface area (Å²) in [6.45, 7) is 12.0. The van der Waals surface area contributed by atoms with E-state index in [0.29, 0.717) is 42.1 Å². The van der Waals surface area contributed by atoms with Gasteiger partial charge < -0.3 is 30.0 Å². The molecule has 4 amide bonds. The normalized spacial score (nSPS) is 22.4. The Kier molecular flexibility index (Phi) is 15.0. The monoisotopic (exact) mass is 842 g/mol. The maximum atomic E-state index is 14.2. The van der Waals surface area contributed by atoms with Crippen LogP contribution >= 0.6 is 11.6 Å². The number of methoxy groups -OCH3 is 1. The van der Waals surface area contributed by atoms with Gasteiger partial charge in [-0.3, -0.25) is 24.0 Å². The van der Waals surface area contributed by atoms with Crippen LogP contribution in [0.3, 0.4) is 0 Å². The number of carbonyl (C=O) groups excluding carboxylic acids is 5. The van der Waals surface area contributed by atoms with Gasteiger partial charge in [0.15, 0.2) is 5.78 Å². The lowest BCUT2D eigenvalue weighted by Crippen LogP contribution is -2.68. The largest absolute Gasteiger partial charge is 0.495 e. The Labute approximate surface area is 354 Å². The second-order valence-corrected chi connectivity index (χ2v) is 21.4. The molecule has 316 valence electrons. The summed E-state index contributed by atoms with van der Waals surface area (Å²) in [5.74, 6) is -1.47. The topological polar surface area (TPSA) is 143 Å². The van der Waals surface area contributed by atoms with Gasteiger partial charge in [0.05, 0.1) is 12.1 Å². The molecule has 0 saturated carbocycles. The third-order valence-corrected chi connectivity index (χ3v) is 17.1. The molecule has 11 nitrogen and oxygen atoms in total. The van der Waals surface area contributed by atoms with E-state index in [2.05, 4.69) is 61.0 Å². The summed E-state index contributed by atoms with van der Waals surface area (Å²) in [5.41, 5.74) is -0.681. The summed E-state index contributed by atoms with van der Waals surface area (Å²) in [6.07, 6.45) is 4.98. The van der Waals surface area contributed by atoms with E-state index in [1.807, 2.05) is 49.4 Å². The first-order valence-electron chi connectivity index (χ1n) is 20.6. The third-order valence-electron chi connectivity index (χ3n) is 11.7. The van der Waals surface area contributed by atoms with Gasteiger partial charge in [-0.25, -0.2) is 0 Å². The van der Waals surface area contributed by atoms with Crippen LogP contribution in [0.25, 0.3) is 0 Å². The molecule has 59 heavy (non-hydrogen) atoms. The van der Waals surface area contributed by atoms with Crippen molar-refractivity contribution in [2.24, 2.45) is 0 Å². The van der Waals surface area contributed by atoms with Gasteiger partial charge >= 0.3 is 0 Å². The van der Waals surface area contributed by atoms with Gasteiger partial charge in [-0.2, -0.15) is 0 Å². The number of hydrogen-bond acceptors (Lipinski definition) is 7. The predicted octanol–water partition coefficient (Wildman–Crippen LogP) is 5.41. The van der Waals surface area contributed by atoms with Crippen LogP contribution in [0.2, 0.25) is 10.1 Å². The second-order valence-electron chi connectivity index (χ2n) is 16.8. The van der Waals surface area contributed by atoms with Crippen molar-refractivity contribution in [3.05, 3.63) is 102 Å². The van der Waals surface area contributed by atoms with Gasteiger partial charge in [-0.15, -0.1) is 0 Å². The third kappa shape index (κ3) is 10.3. The second kappa shape index (κ2) is 19.5. The Morgan fingerprint density at radius 1 is 0.949 bits per heavy atom. The Bertz CT molecular complexity index is 1970. The van der Waals surface area contributed by atoms with Gasteiger partial charge in [0.1, 0.15) is 35.5 Å². The first kappa shape index (κ1) is 45.3. The number of allylic oxidation sites excluding steroid dienone is 2. The van der Waals surface area contributed by atoms with Crippen LogP contribution in [0.1, 0.15) is 85.6 Å². The molecule has 0 radical (unpaired) electrons. The summed E-state index contributed by atoms with van der Waals surface area (Å²) in [5, 5.41) is 11.0. The van der Waals surface area contributed by atoms with E-state index in [-0.39, 0.29) is 42.4 Å². The lowest BCUT2D eigenvalue weighted by molar-refractivity contribution is -0.144. The molecule has 0 unspecified atom stereocenters. The molecule has 2 heterocycles. The first-order valence-corrected chi connectivity index (χ1v) is 22.9. The Hall–Kier alpha value is -4.78. The zero-order valence-electron chi connectivity index (χ0n) is 35.3. The molecular formula is C46H59ClN4O7Si. The lowest BCUT2D eigenvalue weighted by atomic mass is 9.94. The fourth-order valence-corrected chi connectivity index (χ4v) is 12.9. The molecule has 5 atom stereocenters. The summed E-state index contributed by atoms with van der Waals surface area (Å²) in [4.78, 5) is 71.1.